The smallest absolute Gasteiger partial charge is 0.362 e. The maximum Gasteiger partial charge on any atom is 0.362 e. The first-order valence-electron chi connectivity index (χ1n) is 16.5. The van der Waals surface area contributed by atoms with E-state index in [9.17, 15) is 9.90 Å². The van der Waals surface area contributed by atoms with Crippen LogP contribution >= 0.6 is 0 Å². The molecule has 0 bridgehead atoms. The van der Waals surface area contributed by atoms with Crippen LogP contribution in [-0.4, -0.2) is 46.9 Å². The lowest BCUT2D eigenvalue weighted by atomic mass is 9.70. The first-order valence-corrected chi connectivity index (χ1v) is 16.8. The van der Waals surface area contributed by atoms with Gasteiger partial charge in [0, 0.05) is 28.0 Å². The number of hydrogen-bond donors (Lipinski definition) is 1. The highest BCUT2D eigenvalue weighted by atomic mass is 32.1. The molecule has 0 aliphatic heterocycles. The quantitative estimate of drug-likeness (QED) is 0.0931. The van der Waals surface area contributed by atoms with E-state index in [4.69, 9.17) is 24.0 Å². The molecule has 0 aromatic heterocycles. The lowest BCUT2D eigenvalue weighted by molar-refractivity contribution is -0.00435. The van der Waals surface area contributed by atoms with E-state index in [2.05, 4.69) is 98.8 Å². The molecule has 0 spiro atoms. The van der Waals surface area contributed by atoms with Crippen molar-refractivity contribution in [2.24, 2.45) is 0 Å². The number of rotatable bonds is 9. The molecular formula is C43H42N2O6S. The lowest BCUT2D eigenvalue weighted by Gasteiger charge is -2.33. The summed E-state index contributed by atoms with van der Waals surface area (Å²) in [5.41, 5.74) is 16.3. The van der Waals surface area contributed by atoms with Gasteiger partial charge in [0.05, 0.1) is 27.9 Å². The average molecular weight is 715 g/mol. The third-order valence-electron chi connectivity index (χ3n) is 9.66. The molecule has 1 aliphatic rings. The van der Waals surface area contributed by atoms with Crippen LogP contribution in [0.25, 0.3) is 11.6 Å². The zero-order valence-electron chi connectivity index (χ0n) is 30.1. The van der Waals surface area contributed by atoms with E-state index in [1.54, 1.807) is 45.6 Å². The van der Waals surface area contributed by atoms with Gasteiger partial charge in [0.1, 0.15) is 17.2 Å². The maximum atomic E-state index is 11.7. The summed E-state index contributed by atoms with van der Waals surface area (Å²) in [6.07, 6.45) is 3.16. The molecule has 1 N–H and O–H groups in total. The molecule has 6 rings (SSSR count). The second-order valence-electron chi connectivity index (χ2n) is 12.7. The summed E-state index contributed by atoms with van der Waals surface area (Å²) in [5.74, 6) is 2.02. The van der Waals surface area contributed by atoms with Crippen LogP contribution in [-0.2, 0) is 30.0 Å². The molecule has 0 saturated carbocycles. The number of Topliss-reactive ketones (excluding diaryl/α,β-unsaturated/α-hetero) is 1. The first-order chi connectivity index (χ1) is 25.1. The molecule has 0 fully saturated rings. The number of methoxy groups -OCH3 is 3. The summed E-state index contributed by atoms with van der Waals surface area (Å²) in [5, 5.41) is 9.39. The van der Waals surface area contributed by atoms with Gasteiger partial charge < -0.3 is 24.8 Å². The van der Waals surface area contributed by atoms with Crippen molar-refractivity contribution < 1.29 is 33.1 Å². The van der Waals surface area contributed by atoms with Gasteiger partial charge in [-0.15, -0.1) is 0 Å². The number of aliphatic hydroxyl groups is 1. The molecule has 0 radical (unpaired) electrons. The maximum absolute atomic E-state index is 11.7. The molecule has 1 aliphatic carbocycles. The van der Waals surface area contributed by atoms with Crippen molar-refractivity contribution in [2.75, 3.05) is 21.3 Å². The number of ether oxygens (including phenoxy) is 3. The van der Waals surface area contributed by atoms with Gasteiger partial charge in [0.25, 0.3) is 5.78 Å². The van der Waals surface area contributed by atoms with Gasteiger partial charge in [-0.2, -0.15) is 9.00 Å². The van der Waals surface area contributed by atoms with Crippen LogP contribution in [0.15, 0.2) is 121 Å². The topological polar surface area (TPSA) is 118 Å². The largest absolute Gasteiger partial charge is 0.497 e. The highest BCUT2D eigenvalue weighted by Gasteiger charge is 2.32. The SMILES string of the molecule is COc1ccc(C(C)(c2ccc(OC)cc2)c2ccc(C(C)(C)c3ccc(CO)cc3)cc2)cc1.COc1cccc2c1C=CC(=[N+]=[N-])C2=O.O=S. The summed E-state index contributed by atoms with van der Waals surface area (Å²) < 4.78 is 23.8. The normalized spacial score (nSPS) is 11.9. The average Bonchev–Trinajstić information content (AvgIpc) is 3.21. The fourth-order valence-corrected chi connectivity index (χ4v) is 6.31. The van der Waals surface area contributed by atoms with Crippen LogP contribution in [0.5, 0.6) is 17.2 Å². The van der Waals surface area contributed by atoms with Crippen molar-refractivity contribution in [3.8, 4) is 17.2 Å². The Kier molecular flexibility index (Phi) is 13.1. The zero-order valence-corrected chi connectivity index (χ0v) is 30.9. The van der Waals surface area contributed by atoms with Gasteiger partial charge in [0.15, 0.2) is 12.5 Å². The highest BCUT2D eigenvalue weighted by molar-refractivity contribution is 7.44. The summed E-state index contributed by atoms with van der Waals surface area (Å²) in [4.78, 5) is 14.6. The number of ketones is 1. The van der Waals surface area contributed by atoms with Gasteiger partial charge >= 0.3 is 5.71 Å². The van der Waals surface area contributed by atoms with E-state index in [1.165, 1.54) is 33.9 Å². The Hall–Kier alpha value is -5.73. The number of hydrogen-bond acceptors (Lipinski definition) is 7. The summed E-state index contributed by atoms with van der Waals surface area (Å²) in [6.45, 7) is 6.80. The van der Waals surface area contributed by atoms with Crippen molar-refractivity contribution in [3.05, 3.63) is 171 Å². The van der Waals surface area contributed by atoms with Gasteiger partial charge in [-0.3, -0.25) is 4.79 Å². The van der Waals surface area contributed by atoms with Gasteiger partial charge in [-0.1, -0.05) is 92.7 Å². The molecule has 266 valence electrons. The number of fused-ring (bicyclic) bond motifs is 1. The lowest BCUT2D eigenvalue weighted by Crippen LogP contribution is -2.26. The number of allylic oxidation sites excluding steroid dienone is 1. The minimum atomic E-state index is -0.357. The minimum Gasteiger partial charge on any atom is -0.497 e. The standard InChI is InChI=1S/C32H34O3.C11H8N2O2.OS/c1-31(2,24-8-6-23(22-33)7-9-24)25-10-12-26(13-11-25)32(3,27-14-18-29(34-4)19-15-27)28-16-20-30(35-5)21-17-28;1-15-10-4-2-3-8-7(10)5-6-9(13-12)11(8)14;1-2/h6-21,33H,22H2,1-5H3;2-6H,1H3;. The molecule has 52 heavy (non-hydrogen) atoms. The summed E-state index contributed by atoms with van der Waals surface area (Å²) in [6, 6.07) is 39.0. The molecule has 5 aromatic carbocycles. The first kappa shape index (κ1) is 39.1. The second kappa shape index (κ2) is 17.5. The highest BCUT2D eigenvalue weighted by Crippen LogP contribution is 2.41. The molecule has 9 heteroatoms. The van der Waals surface area contributed by atoms with Crippen molar-refractivity contribution in [1.29, 1.82) is 0 Å². The van der Waals surface area contributed by atoms with Crippen molar-refractivity contribution in [1.82, 2.24) is 0 Å². The molecule has 5 aromatic rings. The number of nitrogens with zero attached hydrogens (tertiary/aromatic N) is 2. The number of benzene rings is 5. The monoisotopic (exact) mass is 714 g/mol. The predicted molar refractivity (Wildman–Crippen MR) is 206 cm³/mol. The van der Waals surface area contributed by atoms with Crippen LogP contribution in [0.2, 0.25) is 0 Å². The van der Waals surface area contributed by atoms with E-state index in [0.29, 0.717) is 11.3 Å². The molecule has 0 heterocycles. The van der Waals surface area contributed by atoms with E-state index >= 15 is 0 Å². The fraction of sp³-hybridized carbons (Fsp3) is 0.209. The molecule has 0 unspecified atom stereocenters. The van der Waals surface area contributed by atoms with E-state index in [-0.39, 0.29) is 28.9 Å². The Morgan fingerprint density at radius 3 is 1.50 bits per heavy atom. The summed E-state index contributed by atoms with van der Waals surface area (Å²) in [7, 11) is 4.93. The van der Waals surface area contributed by atoms with Crippen LogP contribution in [0, 0.1) is 0 Å². The molecule has 8 nitrogen and oxygen atoms in total. The van der Waals surface area contributed by atoms with Gasteiger partial charge in [-0.25, -0.2) is 0 Å². The minimum absolute atomic E-state index is 0.0377. The predicted octanol–water partition coefficient (Wildman–Crippen LogP) is 8.12. The Balaban J connectivity index is 0.000000296. The van der Waals surface area contributed by atoms with Crippen molar-refractivity contribution in [3.63, 3.8) is 0 Å². The van der Waals surface area contributed by atoms with Gasteiger partial charge in [-0.05, 0) is 82.8 Å². The van der Waals surface area contributed by atoms with Crippen LogP contribution in [0.4, 0.5) is 0 Å². The van der Waals surface area contributed by atoms with Crippen molar-refractivity contribution in [2.45, 2.75) is 38.2 Å². The second-order valence-corrected chi connectivity index (χ2v) is 12.7. The van der Waals surface area contributed by atoms with Crippen LogP contribution in [0.3, 0.4) is 0 Å². The molecule has 0 amide bonds. The number of aliphatic hydroxyl groups excluding tert-OH is 1. The molecule has 0 atom stereocenters. The number of carbonyl (C=O) groups is 1. The van der Waals surface area contributed by atoms with E-state index in [1.807, 2.05) is 36.4 Å². The zero-order chi connectivity index (χ0) is 37.9. The Labute approximate surface area is 310 Å². The van der Waals surface area contributed by atoms with Gasteiger partial charge in [0.2, 0.25) is 0 Å². The molecule has 0 saturated heterocycles. The van der Waals surface area contributed by atoms with Crippen LogP contribution < -0.4 is 14.2 Å². The third kappa shape index (κ3) is 8.08. The van der Waals surface area contributed by atoms with Crippen LogP contribution in [0.1, 0.15) is 70.1 Å². The van der Waals surface area contributed by atoms with E-state index in [0.717, 1.165) is 22.6 Å². The fourth-order valence-electron chi connectivity index (χ4n) is 6.31. The Bertz CT molecular complexity index is 2000. The van der Waals surface area contributed by atoms with Crippen molar-refractivity contribution >= 4 is 30.1 Å². The Morgan fingerprint density at radius 1 is 0.635 bits per heavy atom. The third-order valence-corrected chi connectivity index (χ3v) is 9.66. The van der Waals surface area contributed by atoms with E-state index < -0.39 is 0 Å². The summed E-state index contributed by atoms with van der Waals surface area (Å²) >= 11 is 2.83. The molecular weight excluding hydrogens is 673 g/mol. The Morgan fingerprint density at radius 2 is 1.08 bits per heavy atom. The number of carbonyl (C=O) groups excluding carboxylic acids is 1.